The lowest BCUT2D eigenvalue weighted by molar-refractivity contribution is -0.120. The van der Waals surface area contributed by atoms with Crippen molar-refractivity contribution in [1.82, 2.24) is 5.16 Å². The molecule has 6 nitrogen and oxygen atoms in total. The molecule has 1 heterocycles. The summed E-state index contributed by atoms with van der Waals surface area (Å²) in [6.07, 6.45) is 0. The zero-order valence-corrected chi connectivity index (χ0v) is 11.6. The fraction of sp³-hybridized carbons (Fsp3) is 0.214. The van der Waals surface area contributed by atoms with Crippen molar-refractivity contribution in [2.75, 3.05) is 16.8 Å². The van der Waals surface area contributed by atoms with Gasteiger partial charge in [0.15, 0.2) is 5.82 Å². The van der Waals surface area contributed by atoms with E-state index in [1.807, 2.05) is 0 Å². The highest BCUT2D eigenvalue weighted by molar-refractivity contribution is 6.01. The molecule has 0 aliphatic carbocycles. The van der Waals surface area contributed by atoms with Gasteiger partial charge in [0.1, 0.15) is 18.1 Å². The standard InChI is InChI=1S/C14H14FN3O3/c1-9-7-13(17-21-9)18(10(2)19)8-14(20)16-12-5-3-11(15)4-6-12/h3-7H,8H2,1-2H3,(H,16,20). The number of nitrogens with one attached hydrogen (secondary N) is 1. The predicted molar refractivity (Wildman–Crippen MR) is 74.3 cm³/mol. The molecule has 1 N–H and O–H groups in total. The van der Waals surface area contributed by atoms with Crippen LogP contribution in [0.15, 0.2) is 34.9 Å². The van der Waals surface area contributed by atoms with Crippen LogP contribution in [0.4, 0.5) is 15.9 Å². The number of carbonyl (C=O) groups excluding carboxylic acids is 2. The van der Waals surface area contributed by atoms with Gasteiger partial charge in [-0.25, -0.2) is 4.39 Å². The Morgan fingerprint density at radius 3 is 2.52 bits per heavy atom. The molecule has 0 atom stereocenters. The van der Waals surface area contributed by atoms with Crippen molar-refractivity contribution in [2.24, 2.45) is 0 Å². The third-order valence-corrected chi connectivity index (χ3v) is 2.70. The normalized spacial score (nSPS) is 10.2. The fourth-order valence-corrected chi connectivity index (χ4v) is 1.71. The Balaban J connectivity index is 2.05. The Kier molecular flexibility index (Phi) is 4.32. The number of rotatable bonds is 4. The van der Waals surface area contributed by atoms with Gasteiger partial charge in [0.25, 0.3) is 0 Å². The first-order valence-electron chi connectivity index (χ1n) is 6.22. The van der Waals surface area contributed by atoms with Crippen LogP contribution in [0.2, 0.25) is 0 Å². The van der Waals surface area contributed by atoms with Crippen molar-refractivity contribution in [2.45, 2.75) is 13.8 Å². The highest BCUT2D eigenvalue weighted by Crippen LogP contribution is 2.14. The van der Waals surface area contributed by atoms with Crippen LogP contribution in [0.5, 0.6) is 0 Å². The zero-order valence-electron chi connectivity index (χ0n) is 11.6. The number of halogens is 1. The summed E-state index contributed by atoms with van der Waals surface area (Å²) in [7, 11) is 0. The molecule has 2 amide bonds. The van der Waals surface area contributed by atoms with Crippen LogP contribution in [-0.2, 0) is 9.59 Å². The summed E-state index contributed by atoms with van der Waals surface area (Å²) in [5.41, 5.74) is 0.446. The number of hydrogen-bond acceptors (Lipinski definition) is 4. The molecule has 7 heteroatoms. The summed E-state index contributed by atoms with van der Waals surface area (Å²) < 4.78 is 17.7. The topological polar surface area (TPSA) is 75.4 Å². The molecule has 21 heavy (non-hydrogen) atoms. The first kappa shape index (κ1) is 14.7. The van der Waals surface area contributed by atoms with E-state index in [4.69, 9.17) is 4.52 Å². The van der Waals surface area contributed by atoms with E-state index in [2.05, 4.69) is 10.5 Å². The maximum Gasteiger partial charge on any atom is 0.244 e. The Morgan fingerprint density at radius 1 is 1.33 bits per heavy atom. The van der Waals surface area contributed by atoms with Crippen molar-refractivity contribution in [3.63, 3.8) is 0 Å². The monoisotopic (exact) mass is 291 g/mol. The summed E-state index contributed by atoms with van der Waals surface area (Å²) in [5.74, 6) is -0.337. The van der Waals surface area contributed by atoms with Gasteiger partial charge in [-0.1, -0.05) is 5.16 Å². The van der Waals surface area contributed by atoms with Crippen LogP contribution in [-0.4, -0.2) is 23.5 Å². The van der Waals surface area contributed by atoms with Crippen LogP contribution in [0.3, 0.4) is 0 Å². The van der Waals surface area contributed by atoms with Gasteiger partial charge in [-0.2, -0.15) is 0 Å². The lowest BCUT2D eigenvalue weighted by Crippen LogP contribution is -2.36. The highest BCUT2D eigenvalue weighted by Gasteiger charge is 2.19. The number of aryl methyl sites for hydroxylation is 1. The second-order valence-corrected chi connectivity index (χ2v) is 4.46. The number of nitrogens with zero attached hydrogens (tertiary/aromatic N) is 2. The molecule has 0 aliphatic rings. The third kappa shape index (κ3) is 3.88. The Hall–Kier alpha value is -2.70. The average molecular weight is 291 g/mol. The molecule has 1 aromatic heterocycles. The summed E-state index contributed by atoms with van der Waals surface area (Å²) in [6, 6.07) is 6.91. The van der Waals surface area contributed by atoms with Gasteiger partial charge in [-0.05, 0) is 31.2 Å². The Morgan fingerprint density at radius 2 is 2.00 bits per heavy atom. The molecule has 0 aliphatic heterocycles. The maximum atomic E-state index is 12.8. The van der Waals surface area contributed by atoms with E-state index in [0.29, 0.717) is 11.4 Å². The van der Waals surface area contributed by atoms with Gasteiger partial charge in [-0.3, -0.25) is 14.5 Å². The minimum absolute atomic E-state index is 0.210. The predicted octanol–water partition coefficient (Wildman–Crippen LogP) is 2.11. The molecule has 1 aromatic carbocycles. The highest BCUT2D eigenvalue weighted by atomic mass is 19.1. The number of hydrogen-bond donors (Lipinski definition) is 1. The van der Waals surface area contributed by atoms with Gasteiger partial charge in [0.05, 0.1) is 0 Å². The molecule has 2 aromatic rings. The zero-order chi connectivity index (χ0) is 15.4. The fourth-order valence-electron chi connectivity index (χ4n) is 1.71. The molecular weight excluding hydrogens is 277 g/mol. The van der Waals surface area contributed by atoms with Gasteiger partial charge in [-0.15, -0.1) is 0 Å². The lowest BCUT2D eigenvalue weighted by atomic mass is 10.3. The Labute approximate surface area is 120 Å². The van der Waals surface area contributed by atoms with Crippen LogP contribution >= 0.6 is 0 Å². The molecular formula is C14H14FN3O3. The number of carbonyl (C=O) groups is 2. The first-order valence-corrected chi connectivity index (χ1v) is 6.22. The van der Waals surface area contributed by atoms with Crippen molar-refractivity contribution in [1.29, 1.82) is 0 Å². The Bertz CT molecular complexity index is 652. The van der Waals surface area contributed by atoms with Crippen LogP contribution in [0.1, 0.15) is 12.7 Å². The molecule has 0 bridgehead atoms. The summed E-state index contributed by atoms with van der Waals surface area (Å²) in [6.45, 7) is 2.81. The number of anilines is 2. The number of amides is 2. The third-order valence-electron chi connectivity index (χ3n) is 2.70. The van der Waals surface area contributed by atoms with Crippen LogP contribution < -0.4 is 10.2 Å². The minimum atomic E-state index is -0.419. The van der Waals surface area contributed by atoms with Crippen molar-refractivity contribution < 1.29 is 18.5 Å². The van der Waals surface area contributed by atoms with E-state index >= 15 is 0 Å². The van der Waals surface area contributed by atoms with Crippen LogP contribution in [0, 0.1) is 12.7 Å². The first-order chi connectivity index (χ1) is 9.95. The second kappa shape index (κ2) is 6.17. The van der Waals surface area contributed by atoms with E-state index in [-0.39, 0.29) is 18.3 Å². The molecule has 0 radical (unpaired) electrons. The lowest BCUT2D eigenvalue weighted by Gasteiger charge is -2.17. The molecule has 0 spiro atoms. The number of aromatic nitrogens is 1. The van der Waals surface area contributed by atoms with Gasteiger partial charge in [0.2, 0.25) is 11.8 Å². The molecule has 0 saturated carbocycles. The quantitative estimate of drug-likeness (QED) is 0.936. The maximum absolute atomic E-state index is 12.8. The average Bonchev–Trinajstić information content (AvgIpc) is 2.85. The van der Waals surface area contributed by atoms with Crippen LogP contribution in [0.25, 0.3) is 0 Å². The van der Waals surface area contributed by atoms with Gasteiger partial charge in [0, 0.05) is 18.7 Å². The smallest absolute Gasteiger partial charge is 0.244 e. The second-order valence-electron chi connectivity index (χ2n) is 4.46. The summed E-state index contributed by atoms with van der Waals surface area (Å²) in [5, 5.41) is 6.28. The summed E-state index contributed by atoms with van der Waals surface area (Å²) in [4.78, 5) is 24.7. The van der Waals surface area contributed by atoms with E-state index < -0.39 is 11.7 Å². The molecule has 2 rings (SSSR count). The number of benzene rings is 1. The van der Waals surface area contributed by atoms with Crippen molar-refractivity contribution in [3.05, 3.63) is 41.9 Å². The van der Waals surface area contributed by atoms with E-state index in [1.54, 1.807) is 13.0 Å². The van der Waals surface area contributed by atoms with Gasteiger partial charge < -0.3 is 9.84 Å². The van der Waals surface area contributed by atoms with Crippen molar-refractivity contribution >= 4 is 23.3 Å². The van der Waals surface area contributed by atoms with E-state index in [9.17, 15) is 14.0 Å². The molecule has 0 unspecified atom stereocenters. The van der Waals surface area contributed by atoms with Crippen molar-refractivity contribution in [3.8, 4) is 0 Å². The molecule has 0 fully saturated rings. The molecule has 110 valence electrons. The molecule has 0 saturated heterocycles. The van der Waals surface area contributed by atoms with E-state index in [1.165, 1.54) is 36.1 Å². The van der Waals surface area contributed by atoms with E-state index in [0.717, 1.165) is 0 Å². The largest absolute Gasteiger partial charge is 0.360 e. The minimum Gasteiger partial charge on any atom is -0.360 e. The summed E-state index contributed by atoms with van der Waals surface area (Å²) >= 11 is 0. The SMILES string of the molecule is CC(=O)N(CC(=O)Nc1ccc(F)cc1)c1cc(C)on1. The van der Waals surface area contributed by atoms with Gasteiger partial charge >= 0.3 is 0 Å².